The number of nitrogens with zero attached hydrogens (tertiary/aromatic N) is 2. The molecule has 0 aromatic carbocycles. The monoisotopic (exact) mass is 185 g/mol. The summed E-state index contributed by atoms with van der Waals surface area (Å²) in [4.78, 5) is 15.3. The van der Waals surface area contributed by atoms with Crippen LogP contribution in [-0.4, -0.2) is 56.1 Å². The minimum atomic E-state index is 0.000278. The van der Waals surface area contributed by atoms with Crippen molar-refractivity contribution < 1.29 is 4.79 Å². The van der Waals surface area contributed by atoms with E-state index in [1.54, 1.807) is 11.9 Å². The Kier molecular flexibility index (Phi) is 3.54. The zero-order chi connectivity index (χ0) is 9.84. The Bertz CT molecular complexity index is 184. The van der Waals surface area contributed by atoms with Crippen LogP contribution in [0.25, 0.3) is 0 Å². The molecule has 0 aromatic rings. The predicted octanol–water partition coefficient (Wildman–Crippen LogP) is 0.352. The van der Waals surface area contributed by atoms with E-state index < -0.39 is 0 Å². The lowest BCUT2D eigenvalue weighted by Crippen LogP contribution is -2.43. The Hall–Kier alpha value is -0.770. The quantitative estimate of drug-likeness (QED) is 0.674. The van der Waals surface area contributed by atoms with Gasteiger partial charge in [0.25, 0.3) is 0 Å². The van der Waals surface area contributed by atoms with Crippen LogP contribution >= 0.6 is 0 Å². The molecule has 0 spiro atoms. The summed E-state index contributed by atoms with van der Waals surface area (Å²) in [6, 6.07) is 0.544. The molecule has 1 atom stereocenters. The number of hydrogen-bond donors (Lipinski definition) is 1. The van der Waals surface area contributed by atoms with Gasteiger partial charge in [-0.1, -0.05) is 0 Å². The highest BCUT2D eigenvalue weighted by atomic mass is 16.2. The van der Waals surface area contributed by atoms with Crippen molar-refractivity contribution in [3.8, 4) is 0 Å². The van der Waals surface area contributed by atoms with Crippen molar-refractivity contribution in [2.45, 2.75) is 18.9 Å². The van der Waals surface area contributed by atoms with E-state index in [1.807, 2.05) is 7.05 Å². The summed E-state index contributed by atoms with van der Waals surface area (Å²) in [5, 5.41) is 2.62. The predicted molar refractivity (Wildman–Crippen MR) is 52.7 cm³/mol. The Balaban J connectivity index is 2.34. The first kappa shape index (κ1) is 10.3. The number of likely N-dealkylation sites (tertiary alicyclic amines) is 1. The number of carbonyl (C=O) groups is 1. The highest BCUT2D eigenvalue weighted by Gasteiger charge is 2.23. The SMILES string of the molecule is CNC(=O)N(C)CC1CCCN1C. The fourth-order valence-electron chi connectivity index (χ4n) is 1.80. The molecule has 1 heterocycles. The number of nitrogens with one attached hydrogen (secondary N) is 1. The molecule has 1 unspecified atom stereocenters. The van der Waals surface area contributed by atoms with Gasteiger partial charge in [0, 0.05) is 26.7 Å². The van der Waals surface area contributed by atoms with Crippen molar-refractivity contribution in [3.05, 3.63) is 0 Å². The van der Waals surface area contributed by atoms with Gasteiger partial charge in [0.15, 0.2) is 0 Å². The molecule has 1 aliphatic rings. The van der Waals surface area contributed by atoms with E-state index in [9.17, 15) is 4.79 Å². The zero-order valence-electron chi connectivity index (χ0n) is 8.71. The van der Waals surface area contributed by atoms with Crippen molar-refractivity contribution in [2.24, 2.45) is 0 Å². The second-order valence-corrected chi connectivity index (χ2v) is 3.71. The number of rotatable bonds is 2. The van der Waals surface area contributed by atoms with Gasteiger partial charge in [-0.05, 0) is 26.4 Å². The molecule has 1 aliphatic heterocycles. The van der Waals surface area contributed by atoms with E-state index in [4.69, 9.17) is 0 Å². The lowest BCUT2D eigenvalue weighted by molar-refractivity contribution is 0.191. The van der Waals surface area contributed by atoms with E-state index >= 15 is 0 Å². The van der Waals surface area contributed by atoms with E-state index in [0.29, 0.717) is 6.04 Å². The molecule has 2 amide bonds. The molecule has 0 radical (unpaired) electrons. The first-order chi connectivity index (χ1) is 6.15. The Morgan fingerprint density at radius 1 is 1.69 bits per heavy atom. The van der Waals surface area contributed by atoms with Crippen LogP contribution in [-0.2, 0) is 0 Å². The number of urea groups is 1. The van der Waals surface area contributed by atoms with Crippen LogP contribution in [0.5, 0.6) is 0 Å². The number of likely N-dealkylation sites (N-methyl/N-ethyl adjacent to an activating group) is 2. The fraction of sp³-hybridized carbons (Fsp3) is 0.889. The maximum Gasteiger partial charge on any atom is 0.316 e. The Morgan fingerprint density at radius 3 is 2.85 bits per heavy atom. The molecule has 1 rings (SSSR count). The van der Waals surface area contributed by atoms with E-state index in [0.717, 1.165) is 13.1 Å². The van der Waals surface area contributed by atoms with Gasteiger partial charge in [-0.3, -0.25) is 0 Å². The Morgan fingerprint density at radius 2 is 2.38 bits per heavy atom. The molecule has 0 aromatic heterocycles. The van der Waals surface area contributed by atoms with Crippen LogP contribution in [0.4, 0.5) is 4.79 Å². The van der Waals surface area contributed by atoms with Gasteiger partial charge < -0.3 is 15.1 Å². The largest absolute Gasteiger partial charge is 0.341 e. The van der Waals surface area contributed by atoms with Gasteiger partial charge in [0.2, 0.25) is 0 Å². The first-order valence-corrected chi connectivity index (χ1v) is 4.78. The average Bonchev–Trinajstić information content (AvgIpc) is 2.50. The highest BCUT2D eigenvalue weighted by Crippen LogP contribution is 2.15. The lowest BCUT2D eigenvalue weighted by atomic mass is 10.2. The lowest BCUT2D eigenvalue weighted by Gasteiger charge is -2.25. The topological polar surface area (TPSA) is 35.6 Å². The molecule has 0 saturated carbocycles. The molecule has 13 heavy (non-hydrogen) atoms. The summed E-state index contributed by atoms with van der Waals surface area (Å²) in [5.74, 6) is 0. The molecule has 1 N–H and O–H groups in total. The maximum atomic E-state index is 11.2. The van der Waals surface area contributed by atoms with Crippen LogP contribution in [0.15, 0.2) is 0 Å². The molecular weight excluding hydrogens is 166 g/mol. The first-order valence-electron chi connectivity index (χ1n) is 4.78. The van der Waals surface area contributed by atoms with Crippen LogP contribution in [0.2, 0.25) is 0 Å². The number of hydrogen-bond acceptors (Lipinski definition) is 2. The molecule has 0 aliphatic carbocycles. The summed E-state index contributed by atoms with van der Waals surface area (Å²) in [5.41, 5.74) is 0. The van der Waals surface area contributed by atoms with E-state index in [2.05, 4.69) is 17.3 Å². The third-order valence-electron chi connectivity index (χ3n) is 2.72. The van der Waals surface area contributed by atoms with Crippen molar-refractivity contribution in [1.29, 1.82) is 0 Å². The normalized spacial score (nSPS) is 23.2. The molecule has 1 saturated heterocycles. The summed E-state index contributed by atoms with van der Waals surface area (Å²) < 4.78 is 0. The summed E-state index contributed by atoms with van der Waals surface area (Å²) in [6.45, 7) is 1.99. The van der Waals surface area contributed by atoms with Crippen molar-refractivity contribution in [2.75, 3.05) is 34.2 Å². The standard InChI is InChI=1S/C9H19N3O/c1-10-9(13)12(3)7-8-5-4-6-11(8)2/h8H,4-7H2,1-3H3,(H,10,13). The van der Waals surface area contributed by atoms with Gasteiger partial charge in [0.1, 0.15) is 0 Å². The second-order valence-electron chi connectivity index (χ2n) is 3.71. The molecule has 0 bridgehead atoms. The second kappa shape index (κ2) is 4.46. The van der Waals surface area contributed by atoms with Crippen LogP contribution < -0.4 is 5.32 Å². The minimum absolute atomic E-state index is 0.000278. The summed E-state index contributed by atoms with van der Waals surface area (Å²) >= 11 is 0. The van der Waals surface area contributed by atoms with E-state index in [1.165, 1.54) is 12.8 Å². The molecule has 1 fully saturated rings. The van der Waals surface area contributed by atoms with Gasteiger partial charge in [-0.15, -0.1) is 0 Å². The van der Waals surface area contributed by atoms with Crippen LogP contribution in [0.3, 0.4) is 0 Å². The van der Waals surface area contributed by atoms with Crippen molar-refractivity contribution in [1.82, 2.24) is 15.1 Å². The van der Waals surface area contributed by atoms with Gasteiger partial charge in [-0.2, -0.15) is 0 Å². The summed E-state index contributed by atoms with van der Waals surface area (Å²) in [7, 11) is 5.62. The van der Waals surface area contributed by atoms with Crippen LogP contribution in [0, 0.1) is 0 Å². The minimum Gasteiger partial charge on any atom is -0.341 e. The van der Waals surface area contributed by atoms with Gasteiger partial charge in [-0.25, -0.2) is 4.79 Å². The van der Waals surface area contributed by atoms with Gasteiger partial charge >= 0.3 is 6.03 Å². The summed E-state index contributed by atoms with van der Waals surface area (Å²) in [6.07, 6.45) is 2.46. The average molecular weight is 185 g/mol. The number of amides is 2. The van der Waals surface area contributed by atoms with Crippen molar-refractivity contribution >= 4 is 6.03 Å². The molecule has 4 heteroatoms. The molecule has 76 valence electrons. The van der Waals surface area contributed by atoms with Gasteiger partial charge in [0.05, 0.1) is 0 Å². The fourth-order valence-corrected chi connectivity index (χ4v) is 1.80. The Labute approximate surface area is 79.9 Å². The van der Waals surface area contributed by atoms with E-state index in [-0.39, 0.29) is 6.03 Å². The highest BCUT2D eigenvalue weighted by molar-refractivity contribution is 5.73. The van der Waals surface area contributed by atoms with Crippen LogP contribution in [0.1, 0.15) is 12.8 Å². The molecular formula is C9H19N3O. The smallest absolute Gasteiger partial charge is 0.316 e. The molecule has 4 nitrogen and oxygen atoms in total. The third-order valence-corrected chi connectivity index (χ3v) is 2.72. The third kappa shape index (κ3) is 2.59. The maximum absolute atomic E-state index is 11.2. The zero-order valence-corrected chi connectivity index (χ0v) is 8.71. The van der Waals surface area contributed by atoms with Crippen molar-refractivity contribution in [3.63, 3.8) is 0 Å². The number of carbonyl (C=O) groups excluding carboxylic acids is 1.